The van der Waals surface area contributed by atoms with Gasteiger partial charge in [0.05, 0.1) is 24.4 Å². The van der Waals surface area contributed by atoms with Crippen LogP contribution in [0.2, 0.25) is 0 Å². The molecule has 1 aromatic heterocycles. The average molecular weight is 499 g/mol. The molecule has 4 N–H and O–H groups in total. The van der Waals surface area contributed by atoms with Crippen LogP contribution in [0.15, 0.2) is 18.2 Å². The average Bonchev–Trinajstić information content (AvgIpc) is 3.31. The summed E-state index contributed by atoms with van der Waals surface area (Å²) in [5.41, 5.74) is 2.83. The molecule has 1 aromatic carbocycles. The molecule has 0 spiro atoms. The molecule has 0 saturated carbocycles. The predicted octanol–water partition coefficient (Wildman–Crippen LogP) is 2.09. The van der Waals surface area contributed by atoms with Crippen LogP contribution in [-0.4, -0.2) is 71.0 Å². The van der Waals surface area contributed by atoms with E-state index in [1.807, 2.05) is 0 Å². The lowest BCUT2D eigenvalue weighted by Gasteiger charge is -2.27. The first-order chi connectivity index (χ1) is 17.2. The monoisotopic (exact) mass is 498 g/mol. The number of carbonyl (C=O) groups excluding carboxylic acids is 3. The number of ether oxygens (including phenoxy) is 1. The third-order valence-corrected chi connectivity index (χ3v) is 6.37. The van der Waals surface area contributed by atoms with Gasteiger partial charge in [0, 0.05) is 42.1 Å². The molecule has 0 radical (unpaired) electrons. The number of halogens is 1. The van der Waals surface area contributed by atoms with E-state index in [0.717, 1.165) is 0 Å². The highest BCUT2D eigenvalue weighted by molar-refractivity contribution is 6.34. The summed E-state index contributed by atoms with van der Waals surface area (Å²) in [6.45, 7) is 5.12. The fraction of sp³-hybridized carbons (Fsp3) is 0.360. The fourth-order valence-corrected chi connectivity index (χ4v) is 4.43. The minimum Gasteiger partial charge on any atom is -0.480 e. The Morgan fingerprint density at radius 1 is 1.25 bits per heavy atom. The SMILES string of the molecule is Cc1[nH]c(C=C2C(=O)Nc3ccc(F)cc32)c(C)c1C(=O)NC(CCC(=O)N1CCOCC1)C(=O)O. The Balaban J connectivity index is 1.50. The molecular weight excluding hydrogens is 471 g/mol. The largest absolute Gasteiger partial charge is 0.480 e. The maximum atomic E-state index is 13.8. The number of carboxylic acid groups (broad SMARTS) is 1. The number of anilines is 1. The molecule has 3 amide bonds. The van der Waals surface area contributed by atoms with Gasteiger partial charge in [0.25, 0.3) is 11.8 Å². The second kappa shape index (κ2) is 10.3. The van der Waals surface area contributed by atoms with Crippen LogP contribution in [0.25, 0.3) is 11.6 Å². The third kappa shape index (κ3) is 5.15. The number of amides is 3. The van der Waals surface area contributed by atoms with Crippen molar-refractivity contribution in [1.82, 2.24) is 15.2 Å². The van der Waals surface area contributed by atoms with E-state index in [0.29, 0.717) is 54.5 Å². The second-order valence-electron chi connectivity index (χ2n) is 8.76. The van der Waals surface area contributed by atoms with Gasteiger partial charge >= 0.3 is 5.97 Å². The Morgan fingerprint density at radius 2 is 1.97 bits per heavy atom. The van der Waals surface area contributed by atoms with Crippen LogP contribution < -0.4 is 10.6 Å². The van der Waals surface area contributed by atoms with Gasteiger partial charge in [-0.2, -0.15) is 0 Å². The molecule has 0 aliphatic carbocycles. The molecule has 4 rings (SSSR count). The summed E-state index contributed by atoms with van der Waals surface area (Å²) >= 11 is 0. The van der Waals surface area contributed by atoms with Crippen LogP contribution in [0, 0.1) is 19.7 Å². The normalized spacial score (nSPS) is 17.0. The summed E-state index contributed by atoms with van der Waals surface area (Å²) < 4.78 is 19.0. The summed E-state index contributed by atoms with van der Waals surface area (Å²) in [5.74, 6) is -2.92. The van der Waals surface area contributed by atoms with Gasteiger partial charge < -0.3 is 30.4 Å². The highest BCUT2D eigenvalue weighted by Crippen LogP contribution is 2.34. The number of H-pyrrole nitrogens is 1. The number of hydrogen-bond donors (Lipinski definition) is 4. The molecule has 3 heterocycles. The topological polar surface area (TPSA) is 141 Å². The molecule has 11 heteroatoms. The number of aromatic amines is 1. The Morgan fingerprint density at radius 3 is 2.67 bits per heavy atom. The number of aliphatic carboxylic acids is 1. The summed E-state index contributed by atoms with van der Waals surface area (Å²) in [4.78, 5) is 54.3. The predicted molar refractivity (Wildman–Crippen MR) is 129 cm³/mol. The summed E-state index contributed by atoms with van der Waals surface area (Å²) in [5, 5.41) is 14.8. The number of benzene rings is 1. The molecule has 1 atom stereocenters. The van der Waals surface area contributed by atoms with Crippen molar-refractivity contribution in [1.29, 1.82) is 0 Å². The highest BCUT2D eigenvalue weighted by Gasteiger charge is 2.28. The Bertz CT molecular complexity index is 1260. The molecular formula is C25H27FN4O6. The highest BCUT2D eigenvalue weighted by atomic mass is 19.1. The van der Waals surface area contributed by atoms with Gasteiger partial charge in [-0.1, -0.05) is 0 Å². The quantitative estimate of drug-likeness (QED) is 0.431. The number of fused-ring (bicyclic) bond motifs is 1. The zero-order chi connectivity index (χ0) is 26.0. The number of aryl methyl sites for hydroxylation is 1. The first-order valence-electron chi connectivity index (χ1n) is 11.6. The Hall–Kier alpha value is -3.99. The minimum absolute atomic E-state index is 0.0230. The third-order valence-electron chi connectivity index (χ3n) is 6.37. The zero-order valence-corrected chi connectivity index (χ0v) is 19.9. The van der Waals surface area contributed by atoms with Crippen LogP contribution in [0.5, 0.6) is 0 Å². The maximum Gasteiger partial charge on any atom is 0.326 e. The van der Waals surface area contributed by atoms with E-state index in [4.69, 9.17) is 4.74 Å². The van der Waals surface area contributed by atoms with Crippen LogP contribution in [0.4, 0.5) is 10.1 Å². The summed E-state index contributed by atoms with van der Waals surface area (Å²) in [7, 11) is 0. The molecule has 1 saturated heterocycles. The van der Waals surface area contributed by atoms with Crippen molar-refractivity contribution in [2.24, 2.45) is 0 Å². The van der Waals surface area contributed by atoms with E-state index in [9.17, 15) is 28.7 Å². The number of morpholine rings is 1. The molecule has 36 heavy (non-hydrogen) atoms. The standard InChI is InChI=1S/C25H27FN4O6/c1-13-20(12-17-16-11-15(26)3-4-18(16)28-23(17)32)27-14(2)22(13)24(33)29-19(25(34)35)5-6-21(31)30-7-9-36-10-8-30/h3-4,11-12,19,27H,5-10H2,1-2H3,(H,28,32)(H,29,33)(H,34,35). The Labute approximate surface area is 206 Å². The van der Waals surface area contributed by atoms with Gasteiger partial charge in [0.2, 0.25) is 5.91 Å². The summed E-state index contributed by atoms with van der Waals surface area (Å²) in [6, 6.07) is 2.73. The van der Waals surface area contributed by atoms with Crippen molar-refractivity contribution >= 4 is 41.0 Å². The molecule has 2 aliphatic heterocycles. The molecule has 1 unspecified atom stereocenters. The fourth-order valence-electron chi connectivity index (χ4n) is 4.43. The molecule has 2 aliphatic rings. The molecule has 0 bridgehead atoms. The van der Waals surface area contributed by atoms with Crippen molar-refractivity contribution in [3.05, 3.63) is 52.1 Å². The molecule has 190 valence electrons. The zero-order valence-electron chi connectivity index (χ0n) is 19.9. The smallest absolute Gasteiger partial charge is 0.326 e. The van der Waals surface area contributed by atoms with E-state index >= 15 is 0 Å². The van der Waals surface area contributed by atoms with Crippen molar-refractivity contribution < 1.29 is 33.4 Å². The van der Waals surface area contributed by atoms with Gasteiger partial charge in [-0.3, -0.25) is 14.4 Å². The van der Waals surface area contributed by atoms with E-state index in [-0.39, 0.29) is 29.9 Å². The molecule has 10 nitrogen and oxygen atoms in total. The number of hydrogen-bond acceptors (Lipinski definition) is 5. The van der Waals surface area contributed by atoms with Crippen molar-refractivity contribution in [2.45, 2.75) is 32.7 Å². The van der Waals surface area contributed by atoms with Crippen LogP contribution in [-0.2, 0) is 19.1 Å². The van der Waals surface area contributed by atoms with Gasteiger partial charge in [0.15, 0.2) is 0 Å². The number of rotatable bonds is 7. The lowest BCUT2D eigenvalue weighted by atomic mass is 10.0. The van der Waals surface area contributed by atoms with Gasteiger partial charge in [-0.05, 0) is 50.1 Å². The van der Waals surface area contributed by atoms with E-state index < -0.39 is 29.6 Å². The molecule has 1 fully saturated rings. The van der Waals surface area contributed by atoms with E-state index in [1.165, 1.54) is 24.3 Å². The number of carbonyl (C=O) groups is 4. The second-order valence-corrected chi connectivity index (χ2v) is 8.76. The van der Waals surface area contributed by atoms with Crippen LogP contribution in [0.1, 0.15) is 45.7 Å². The lowest BCUT2D eigenvalue weighted by molar-refractivity contribution is -0.140. The number of carboxylic acids is 1. The minimum atomic E-state index is -1.26. The first-order valence-corrected chi connectivity index (χ1v) is 11.6. The van der Waals surface area contributed by atoms with E-state index in [1.54, 1.807) is 18.7 Å². The van der Waals surface area contributed by atoms with Gasteiger partial charge in [0.1, 0.15) is 11.9 Å². The van der Waals surface area contributed by atoms with Gasteiger partial charge in [-0.25, -0.2) is 9.18 Å². The van der Waals surface area contributed by atoms with Crippen molar-refractivity contribution in [2.75, 3.05) is 31.6 Å². The first kappa shape index (κ1) is 25.1. The van der Waals surface area contributed by atoms with Gasteiger partial charge in [-0.15, -0.1) is 0 Å². The number of nitrogens with one attached hydrogen (secondary N) is 3. The van der Waals surface area contributed by atoms with Crippen LogP contribution in [0.3, 0.4) is 0 Å². The number of nitrogens with zero attached hydrogens (tertiary/aromatic N) is 1. The molecule has 2 aromatic rings. The van der Waals surface area contributed by atoms with E-state index in [2.05, 4.69) is 15.6 Å². The van der Waals surface area contributed by atoms with Crippen LogP contribution >= 0.6 is 0 Å². The van der Waals surface area contributed by atoms with Crippen molar-refractivity contribution in [3.8, 4) is 0 Å². The lowest BCUT2D eigenvalue weighted by Crippen LogP contribution is -2.44. The number of aromatic nitrogens is 1. The van der Waals surface area contributed by atoms with Crippen molar-refractivity contribution in [3.63, 3.8) is 0 Å². The summed E-state index contributed by atoms with van der Waals surface area (Å²) in [6.07, 6.45) is 1.46. The Kier molecular flexibility index (Phi) is 7.20. The maximum absolute atomic E-state index is 13.8.